The highest BCUT2D eigenvalue weighted by Gasteiger charge is 2.36. The third-order valence-electron chi connectivity index (χ3n) is 10.3. The number of cyclic esters (lactones) is 2. The molecular formula is C48H33N3O11. The Kier molecular flexibility index (Phi) is 10.3. The van der Waals surface area contributed by atoms with E-state index in [0.717, 1.165) is 31.9 Å². The van der Waals surface area contributed by atoms with Gasteiger partial charge in [-0.05, 0) is 111 Å². The van der Waals surface area contributed by atoms with Gasteiger partial charge in [-0.15, -0.1) is 0 Å². The molecule has 0 atom stereocenters. The second-order valence-corrected chi connectivity index (χ2v) is 14.6. The van der Waals surface area contributed by atoms with Crippen molar-refractivity contribution in [2.24, 2.45) is 7.05 Å². The van der Waals surface area contributed by atoms with Crippen molar-refractivity contribution < 1.29 is 33.4 Å². The number of esters is 2. The van der Waals surface area contributed by atoms with Gasteiger partial charge < -0.3 is 19.9 Å². The summed E-state index contributed by atoms with van der Waals surface area (Å²) in [6, 6.07) is 34.7. The summed E-state index contributed by atoms with van der Waals surface area (Å²) in [4.78, 5) is 95.6. The van der Waals surface area contributed by atoms with E-state index in [1.165, 1.54) is 36.9 Å². The third kappa shape index (κ3) is 7.59. The quantitative estimate of drug-likeness (QED) is 0.110. The topological polar surface area (TPSA) is 200 Å². The van der Waals surface area contributed by atoms with Gasteiger partial charge in [-0.3, -0.25) is 33.3 Å². The van der Waals surface area contributed by atoms with Crippen molar-refractivity contribution in [3.8, 4) is 28.7 Å². The monoisotopic (exact) mass is 827 g/mol. The highest BCUT2D eigenvalue weighted by atomic mass is 16.6. The first kappa shape index (κ1) is 40.3. The van der Waals surface area contributed by atoms with Crippen molar-refractivity contribution in [2.75, 3.05) is 5.73 Å². The fourth-order valence-electron chi connectivity index (χ4n) is 6.94. The highest BCUT2D eigenvalue weighted by molar-refractivity contribution is 6.27. The molecule has 306 valence electrons. The predicted molar refractivity (Wildman–Crippen MR) is 230 cm³/mol. The van der Waals surface area contributed by atoms with E-state index in [2.05, 4.69) is 4.74 Å². The number of fused-ring (bicyclic) bond motifs is 4. The maximum absolute atomic E-state index is 12.9. The standard InChI is InChI=1S/C24H16N2O5.C13H13NO.C11H4O5/c1-13-3-7-15(8-4-13)31-16-9-5-14(6-10-16)26-23(29)19-11-17-18(12-20(19)24(26)30)22(28)25(2)21(17)27;1-10-2-6-12(7-3-10)15-13-8-4-11(14)5-9-13;12-8-3-9(13)5-2-7-6(1-4(5)8)10(14)16-11(7)15/h3-12H,1-2H3;2-9H,14H2,1H3;1-2H,3H2. The maximum Gasteiger partial charge on any atom is 0.346 e. The summed E-state index contributed by atoms with van der Waals surface area (Å²) in [5.41, 5.74) is 7.52. The van der Waals surface area contributed by atoms with Crippen LogP contribution in [0.25, 0.3) is 27.2 Å². The fourth-order valence-corrected chi connectivity index (χ4v) is 6.94. The number of nitrogen functional groups attached to an aromatic ring is 1. The second-order valence-electron chi connectivity index (χ2n) is 14.6. The van der Waals surface area contributed by atoms with Gasteiger partial charge in [-0.1, -0.05) is 35.4 Å². The van der Waals surface area contributed by atoms with Crippen LogP contribution in [0.1, 0.15) is 59.0 Å². The van der Waals surface area contributed by atoms with Gasteiger partial charge in [0.05, 0.1) is 44.8 Å². The number of ether oxygens (including phenoxy) is 3. The number of Topliss-reactive ketones (excluding diaryl/α,β-unsaturated/α-hetero) is 2. The molecule has 0 amide bonds. The number of nitrogens with two attached hydrogens (primary N) is 1. The molecule has 10 rings (SSSR count). The Morgan fingerprint density at radius 2 is 0.823 bits per heavy atom. The summed E-state index contributed by atoms with van der Waals surface area (Å²) >= 11 is 0. The van der Waals surface area contributed by atoms with Crippen LogP contribution in [-0.4, -0.2) is 32.6 Å². The zero-order chi connectivity index (χ0) is 44.0. The average Bonchev–Trinajstić information content (AvgIpc) is 3.88. The number of ketones is 2. The summed E-state index contributed by atoms with van der Waals surface area (Å²) in [5.74, 6) is 0.684. The van der Waals surface area contributed by atoms with E-state index in [1.54, 1.807) is 24.3 Å². The van der Waals surface area contributed by atoms with Gasteiger partial charge in [0.15, 0.2) is 11.6 Å². The van der Waals surface area contributed by atoms with Crippen LogP contribution in [0.4, 0.5) is 5.69 Å². The lowest BCUT2D eigenvalue weighted by molar-refractivity contribution is 0.0443. The minimum absolute atomic E-state index is 0.0619. The number of rotatable bonds is 5. The zero-order valence-corrected chi connectivity index (χ0v) is 33.2. The molecule has 14 heteroatoms. The van der Waals surface area contributed by atoms with Gasteiger partial charge in [-0.2, -0.15) is 0 Å². The van der Waals surface area contributed by atoms with Gasteiger partial charge in [0.25, 0.3) is 22.2 Å². The molecule has 1 aliphatic heterocycles. The van der Waals surface area contributed by atoms with Crippen molar-refractivity contribution in [1.29, 1.82) is 0 Å². The molecule has 0 radical (unpaired) electrons. The smallest absolute Gasteiger partial charge is 0.346 e. The number of aryl methyl sites for hydroxylation is 2. The summed E-state index contributed by atoms with van der Waals surface area (Å²) in [7, 11) is 1.37. The van der Waals surface area contributed by atoms with Crippen LogP contribution in [0.15, 0.2) is 141 Å². The lowest BCUT2D eigenvalue weighted by atomic mass is 10.0. The molecule has 2 N–H and O–H groups in total. The SMILES string of the molecule is Cc1ccc(Oc2ccc(-n3c(=O)c4cc5c(=O)n(C)c(=O)c5cc4c3=O)cc2)cc1.Cc1ccc(Oc2ccc(N)cc2)cc1.O=C1CC(=O)c2cc3c(cc21)C(=O)OC3=O. The molecule has 0 bridgehead atoms. The number of hydrogen-bond donors (Lipinski definition) is 1. The summed E-state index contributed by atoms with van der Waals surface area (Å²) < 4.78 is 17.8. The number of hydrogen-bond acceptors (Lipinski definition) is 12. The first-order chi connectivity index (χ1) is 29.7. The molecule has 2 aromatic heterocycles. The molecule has 62 heavy (non-hydrogen) atoms. The first-order valence-corrected chi connectivity index (χ1v) is 19.0. The van der Waals surface area contributed by atoms with E-state index in [-0.39, 0.29) is 61.8 Å². The molecule has 8 aromatic rings. The minimum atomic E-state index is -0.769. The molecule has 0 fully saturated rings. The molecule has 0 saturated carbocycles. The van der Waals surface area contributed by atoms with E-state index >= 15 is 0 Å². The summed E-state index contributed by atoms with van der Waals surface area (Å²) in [5, 5.41) is 0.493. The lowest BCUT2D eigenvalue weighted by Crippen LogP contribution is -2.23. The van der Waals surface area contributed by atoms with Gasteiger partial charge in [0.2, 0.25) is 0 Å². The van der Waals surface area contributed by atoms with Crippen LogP contribution in [-0.2, 0) is 11.8 Å². The number of benzene rings is 6. The van der Waals surface area contributed by atoms with Crippen molar-refractivity contribution in [1.82, 2.24) is 9.13 Å². The lowest BCUT2D eigenvalue weighted by Gasteiger charge is -2.07. The molecule has 14 nitrogen and oxygen atoms in total. The van der Waals surface area contributed by atoms with Crippen molar-refractivity contribution in [2.45, 2.75) is 20.3 Å². The molecule has 3 heterocycles. The number of nitrogens with zero attached hydrogens (tertiary/aromatic N) is 2. The van der Waals surface area contributed by atoms with Crippen LogP contribution in [0.5, 0.6) is 23.0 Å². The highest BCUT2D eigenvalue weighted by Crippen LogP contribution is 2.30. The van der Waals surface area contributed by atoms with Crippen molar-refractivity contribution in [3.05, 3.63) is 196 Å². The van der Waals surface area contributed by atoms with Crippen LogP contribution in [0.2, 0.25) is 0 Å². The first-order valence-electron chi connectivity index (χ1n) is 19.0. The van der Waals surface area contributed by atoms with E-state index in [9.17, 15) is 38.4 Å². The van der Waals surface area contributed by atoms with Crippen LogP contribution < -0.4 is 37.4 Å². The van der Waals surface area contributed by atoms with E-state index in [1.807, 2.05) is 86.6 Å². The number of carbonyl (C=O) groups is 4. The second kappa shape index (κ2) is 15.9. The Morgan fingerprint density at radius 3 is 1.23 bits per heavy atom. The Bertz CT molecular complexity index is 3130. The summed E-state index contributed by atoms with van der Waals surface area (Å²) in [6.07, 6.45) is -0.193. The van der Waals surface area contributed by atoms with Crippen LogP contribution in [0.3, 0.4) is 0 Å². The Balaban J connectivity index is 0.000000143. The third-order valence-corrected chi connectivity index (χ3v) is 10.3. The molecular weight excluding hydrogens is 795 g/mol. The van der Waals surface area contributed by atoms with Crippen LogP contribution in [0, 0.1) is 13.8 Å². The Labute approximate surface area is 350 Å². The molecule has 0 spiro atoms. The molecule has 6 aromatic carbocycles. The van der Waals surface area contributed by atoms with Gasteiger partial charge >= 0.3 is 11.9 Å². The van der Waals surface area contributed by atoms with Gasteiger partial charge in [-0.25, -0.2) is 14.2 Å². The number of anilines is 1. The average molecular weight is 828 g/mol. The normalized spacial score (nSPS) is 12.6. The number of carbonyl (C=O) groups excluding carboxylic acids is 4. The van der Waals surface area contributed by atoms with E-state index < -0.39 is 34.2 Å². The van der Waals surface area contributed by atoms with E-state index in [4.69, 9.17) is 15.2 Å². The molecule has 2 aliphatic rings. The number of aromatic nitrogens is 2. The van der Waals surface area contributed by atoms with E-state index in [0.29, 0.717) is 17.2 Å². The minimum Gasteiger partial charge on any atom is -0.457 e. The maximum atomic E-state index is 12.9. The molecule has 0 unspecified atom stereocenters. The Morgan fingerprint density at radius 1 is 0.468 bits per heavy atom. The van der Waals surface area contributed by atoms with Crippen LogP contribution >= 0.6 is 0 Å². The summed E-state index contributed by atoms with van der Waals surface area (Å²) in [6.45, 7) is 4.03. The molecule has 1 aliphatic carbocycles. The van der Waals surface area contributed by atoms with Gasteiger partial charge in [0, 0.05) is 23.9 Å². The largest absolute Gasteiger partial charge is 0.457 e. The van der Waals surface area contributed by atoms with Gasteiger partial charge in [0.1, 0.15) is 23.0 Å². The molecule has 0 saturated heterocycles. The zero-order valence-electron chi connectivity index (χ0n) is 33.2. The van der Waals surface area contributed by atoms with Crippen molar-refractivity contribution in [3.63, 3.8) is 0 Å². The predicted octanol–water partition coefficient (Wildman–Crippen LogP) is 6.68. The van der Waals surface area contributed by atoms with Crippen molar-refractivity contribution >= 4 is 50.7 Å². The Hall–Kier alpha value is -8.52. The fraction of sp³-hybridized carbons (Fsp3) is 0.0833.